The number of amides is 3. The number of nitrogens with zero attached hydrogens (tertiary/aromatic N) is 4. The quantitative estimate of drug-likeness (QED) is 0.319. The lowest BCUT2D eigenvalue weighted by Crippen LogP contribution is -2.52. The Morgan fingerprint density at radius 2 is 2.00 bits per heavy atom. The molecule has 0 spiro atoms. The zero-order valence-electron chi connectivity index (χ0n) is 17.7. The third-order valence-electron chi connectivity index (χ3n) is 4.84. The van der Waals surface area contributed by atoms with Gasteiger partial charge in [-0.15, -0.1) is 0 Å². The van der Waals surface area contributed by atoms with Crippen LogP contribution >= 0.6 is 0 Å². The van der Waals surface area contributed by atoms with Gasteiger partial charge in [-0.1, -0.05) is 36.9 Å². The summed E-state index contributed by atoms with van der Waals surface area (Å²) in [5.41, 5.74) is 0.358. The first-order valence-electron chi connectivity index (χ1n) is 9.27. The third kappa shape index (κ3) is 4.11. The van der Waals surface area contributed by atoms with E-state index in [2.05, 4.69) is 16.3 Å². The van der Waals surface area contributed by atoms with Crippen LogP contribution in [0.4, 0.5) is 4.79 Å². The summed E-state index contributed by atoms with van der Waals surface area (Å²) in [6.07, 6.45) is 1.51. The SMILES string of the molecule is C=Cc1ccccc1C1C(C(=O)OCC)=C(C)N(C)C(=O)N1C(=O)/C([N+]#N)=C(\O)OC. The van der Waals surface area contributed by atoms with E-state index in [1.54, 1.807) is 38.1 Å². The first kappa shape index (κ1) is 23.2. The van der Waals surface area contributed by atoms with Gasteiger partial charge in [-0.05, 0) is 25.0 Å². The highest BCUT2D eigenvalue weighted by Crippen LogP contribution is 2.40. The van der Waals surface area contributed by atoms with Crippen molar-refractivity contribution >= 4 is 24.0 Å². The second kappa shape index (κ2) is 9.58. The fourth-order valence-corrected chi connectivity index (χ4v) is 3.22. The van der Waals surface area contributed by atoms with Crippen LogP contribution in [0.3, 0.4) is 0 Å². The number of rotatable bonds is 6. The van der Waals surface area contributed by atoms with Crippen molar-refractivity contribution in [3.8, 4) is 0 Å². The minimum Gasteiger partial charge on any atom is -0.475 e. The van der Waals surface area contributed by atoms with Gasteiger partial charge in [-0.25, -0.2) is 14.5 Å². The van der Waals surface area contributed by atoms with E-state index in [1.165, 1.54) is 13.1 Å². The van der Waals surface area contributed by atoms with Gasteiger partial charge in [0.25, 0.3) is 0 Å². The lowest BCUT2D eigenvalue weighted by Gasteiger charge is -2.39. The summed E-state index contributed by atoms with van der Waals surface area (Å²) in [6, 6.07) is 4.67. The number of carbonyl (C=O) groups excluding carboxylic acids is 3. The average molecular weight is 427 g/mol. The predicted octanol–water partition coefficient (Wildman–Crippen LogP) is 3.33. The number of ether oxygens (including phenoxy) is 2. The second-order valence-corrected chi connectivity index (χ2v) is 6.43. The van der Waals surface area contributed by atoms with Crippen LogP contribution < -0.4 is 0 Å². The number of carbonyl (C=O) groups is 3. The highest BCUT2D eigenvalue weighted by Gasteiger charge is 2.50. The van der Waals surface area contributed by atoms with Crippen molar-refractivity contribution in [2.75, 3.05) is 20.8 Å². The van der Waals surface area contributed by atoms with Crippen molar-refractivity contribution in [1.29, 1.82) is 5.39 Å². The first-order valence-corrected chi connectivity index (χ1v) is 9.27. The third-order valence-corrected chi connectivity index (χ3v) is 4.84. The monoisotopic (exact) mass is 427 g/mol. The van der Waals surface area contributed by atoms with Crippen LogP contribution in [0.5, 0.6) is 0 Å². The minimum absolute atomic E-state index is 0.0285. The Balaban J connectivity index is 2.88. The van der Waals surface area contributed by atoms with Gasteiger partial charge in [0.1, 0.15) is 6.04 Å². The lowest BCUT2D eigenvalue weighted by molar-refractivity contribution is -0.140. The molecule has 31 heavy (non-hydrogen) atoms. The van der Waals surface area contributed by atoms with Gasteiger partial charge in [0.15, 0.2) is 4.98 Å². The zero-order valence-corrected chi connectivity index (χ0v) is 17.7. The average Bonchev–Trinajstić information content (AvgIpc) is 2.77. The van der Waals surface area contributed by atoms with E-state index < -0.39 is 35.6 Å². The molecule has 1 aromatic rings. The van der Waals surface area contributed by atoms with E-state index in [1.807, 2.05) is 0 Å². The van der Waals surface area contributed by atoms with E-state index in [0.29, 0.717) is 16.0 Å². The number of esters is 1. The molecule has 1 unspecified atom stereocenters. The first-order chi connectivity index (χ1) is 14.7. The minimum atomic E-state index is -1.24. The summed E-state index contributed by atoms with van der Waals surface area (Å²) in [7, 11) is 2.43. The van der Waals surface area contributed by atoms with Crippen molar-refractivity contribution in [2.24, 2.45) is 0 Å². The maximum atomic E-state index is 13.2. The van der Waals surface area contributed by atoms with Gasteiger partial charge in [0.05, 0.1) is 19.3 Å². The molecule has 0 bridgehead atoms. The lowest BCUT2D eigenvalue weighted by atomic mass is 9.89. The van der Waals surface area contributed by atoms with Crippen molar-refractivity contribution < 1.29 is 29.0 Å². The predicted molar refractivity (Wildman–Crippen MR) is 110 cm³/mol. The highest BCUT2D eigenvalue weighted by atomic mass is 16.6. The van der Waals surface area contributed by atoms with Gasteiger partial charge in [-0.2, -0.15) is 0 Å². The molecule has 1 N–H and O–H groups in total. The van der Waals surface area contributed by atoms with Crippen LogP contribution in [0.1, 0.15) is 31.0 Å². The van der Waals surface area contributed by atoms with E-state index in [9.17, 15) is 24.9 Å². The molecule has 0 aliphatic carbocycles. The molecule has 10 nitrogen and oxygen atoms in total. The molecule has 1 aromatic carbocycles. The summed E-state index contributed by atoms with van der Waals surface area (Å²) in [4.78, 5) is 43.9. The molecule has 162 valence electrons. The highest BCUT2D eigenvalue weighted by molar-refractivity contribution is 6.08. The number of allylic oxidation sites excluding steroid dienone is 1. The van der Waals surface area contributed by atoms with Crippen LogP contribution in [0.15, 0.2) is 53.8 Å². The molecule has 0 radical (unpaired) electrons. The normalized spacial score (nSPS) is 17.0. The van der Waals surface area contributed by atoms with Gasteiger partial charge >= 0.3 is 29.5 Å². The molecule has 1 heterocycles. The molecule has 10 heteroatoms. The van der Waals surface area contributed by atoms with Gasteiger partial charge in [0, 0.05) is 12.7 Å². The van der Waals surface area contributed by atoms with Crippen LogP contribution in [0.2, 0.25) is 0 Å². The summed E-state index contributed by atoms with van der Waals surface area (Å²) in [5, 5.41) is 19.1. The fourth-order valence-electron chi connectivity index (χ4n) is 3.22. The number of diazo groups is 1. The van der Waals surface area contributed by atoms with Crippen molar-refractivity contribution in [2.45, 2.75) is 19.9 Å². The van der Waals surface area contributed by atoms with E-state index in [-0.39, 0.29) is 17.9 Å². The number of aliphatic hydroxyl groups excluding tert-OH is 1. The fraction of sp³-hybridized carbons (Fsp3) is 0.286. The summed E-state index contributed by atoms with van der Waals surface area (Å²) < 4.78 is 9.77. The second-order valence-electron chi connectivity index (χ2n) is 6.43. The van der Waals surface area contributed by atoms with E-state index >= 15 is 0 Å². The van der Waals surface area contributed by atoms with Gasteiger partial charge < -0.3 is 19.5 Å². The molecule has 0 saturated heterocycles. The number of imide groups is 1. The standard InChI is InChI=1S/C21H22N4O6/c1-6-13-10-8-9-11-14(13)17-15(19(27)31-7-2)12(3)24(4)21(29)25(17)18(26)16(23-22)20(28)30-5/h6,8-11,17H,1,7H2,2-5H3/p+1. The maximum Gasteiger partial charge on any atom is 0.528 e. The molecule has 1 atom stereocenters. The Kier molecular flexibility index (Phi) is 7.15. The van der Waals surface area contributed by atoms with E-state index in [0.717, 1.165) is 12.0 Å². The Morgan fingerprint density at radius 1 is 1.35 bits per heavy atom. The van der Waals surface area contributed by atoms with Crippen LogP contribution in [0.25, 0.3) is 11.1 Å². The molecule has 0 aromatic heterocycles. The summed E-state index contributed by atoms with van der Waals surface area (Å²) >= 11 is 0. The number of hydrogen-bond acceptors (Lipinski definition) is 7. The van der Waals surface area contributed by atoms with Gasteiger partial charge in [-0.3, -0.25) is 4.79 Å². The number of hydrogen-bond donors (Lipinski definition) is 1. The van der Waals surface area contributed by atoms with E-state index in [4.69, 9.17) is 4.74 Å². The number of aliphatic hydroxyl groups is 1. The number of benzene rings is 1. The molecular weight excluding hydrogens is 404 g/mol. The number of methoxy groups -OCH3 is 1. The Morgan fingerprint density at radius 3 is 2.55 bits per heavy atom. The van der Waals surface area contributed by atoms with Gasteiger partial charge in [0.2, 0.25) is 5.39 Å². The molecule has 3 amide bonds. The maximum absolute atomic E-state index is 13.2. The Bertz CT molecular complexity index is 1040. The van der Waals surface area contributed by atoms with Crippen LogP contribution in [0, 0.1) is 5.39 Å². The molecule has 1 aliphatic heterocycles. The summed E-state index contributed by atoms with van der Waals surface area (Å²) in [5.74, 6) is -2.91. The Labute approximate surface area is 179 Å². The molecule has 0 fully saturated rings. The Hall–Kier alpha value is -4.13. The van der Waals surface area contributed by atoms with Crippen molar-refractivity contribution in [1.82, 2.24) is 9.80 Å². The smallest absolute Gasteiger partial charge is 0.475 e. The number of urea groups is 1. The van der Waals surface area contributed by atoms with Crippen molar-refractivity contribution in [3.63, 3.8) is 0 Å². The van der Waals surface area contributed by atoms with Crippen LogP contribution in [-0.4, -0.2) is 53.6 Å². The zero-order chi connectivity index (χ0) is 23.3. The molecular formula is C21H23N4O6+. The van der Waals surface area contributed by atoms with Crippen molar-refractivity contribution in [3.05, 3.63) is 69.9 Å². The largest absolute Gasteiger partial charge is 0.528 e. The van der Waals surface area contributed by atoms with Crippen LogP contribution in [-0.2, 0) is 19.1 Å². The molecule has 0 saturated carbocycles. The summed E-state index contributed by atoms with van der Waals surface area (Å²) in [6.45, 7) is 7.00. The molecule has 2 rings (SSSR count). The topological polar surface area (TPSA) is 125 Å². The molecule has 1 aliphatic rings.